The van der Waals surface area contributed by atoms with Crippen LogP contribution in [-0.4, -0.2) is 5.91 Å². The second-order valence-corrected chi connectivity index (χ2v) is 4.84. The highest BCUT2D eigenvalue weighted by atomic mass is 16.2. The molecule has 0 spiro atoms. The van der Waals surface area contributed by atoms with Crippen LogP contribution in [0.15, 0.2) is 24.3 Å². The van der Waals surface area contributed by atoms with E-state index in [-0.39, 0.29) is 5.91 Å². The van der Waals surface area contributed by atoms with Gasteiger partial charge in [-0.3, -0.25) is 4.79 Å². The van der Waals surface area contributed by atoms with Crippen LogP contribution in [0.1, 0.15) is 45.1 Å². The molecule has 0 saturated carbocycles. The summed E-state index contributed by atoms with van der Waals surface area (Å²) in [4.78, 5) is 12.4. The van der Waals surface area contributed by atoms with Gasteiger partial charge in [-0.15, -0.1) is 0 Å². The van der Waals surface area contributed by atoms with Gasteiger partial charge in [0.25, 0.3) is 0 Å². The van der Waals surface area contributed by atoms with Gasteiger partial charge in [-0.05, 0) is 37.1 Å². The first kappa shape index (κ1) is 15.7. The number of carbonyl (C=O) groups excluding carboxylic acids is 1. The van der Waals surface area contributed by atoms with E-state index in [9.17, 15) is 10.1 Å². The maximum Gasteiger partial charge on any atom is 0.244 e. The van der Waals surface area contributed by atoms with Crippen molar-refractivity contribution in [2.45, 2.75) is 39.5 Å². The standard InChI is InChI=1S/C16H19N3O/c1-3-9-16(12-18,10-4-2)15(20)19-14-7-5-13(11-17)6-8-14/h5-8H,3-4,9-10H2,1-2H3,(H,19,20). The summed E-state index contributed by atoms with van der Waals surface area (Å²) in [6.45, 7) is 3.94. The number of carbonyl (C=O) groups is 1. The topological polar surface area (TPSA) is 76.7 Å². The Hall–Kier alpha value is -2.33. The second-order valence-electron chi connectivity index (χ2n) is 4.84. The Morgan fingerprint density at radius 2 is 1.70 bits per heavy atom. The molecule has 0 heterocycles. The first-order chi connectivity index (χ1) is 9.61. The molecule has 0 bridgehead atoms. The average molecular weight is 269 g/mol. The van der Waals surface area contributed by atoms with Crippen LogP contribution in [0.4, 0.5) is 5.69 Å². The van der Waals surface area contributed by atoms with Crippen molar-refractivity contribution in [1.82, 2.24) is 0 Å². The van der Waals surface area contributed by atoms with Gasteiger partial charge in [-0.2, -0.15) is 10.5 Å². The molecule has 0 aliphatic heterocycles. The minimum atomic E-state index is -0.961. The fourth-order valence-electron chi connectivity index (χ4n) is 2.25. The van der Waals surface area contributed by atoms with Crippen molar-refractivity contribution < 1.29 is 4.79 Å². The van der Waals surface area contributed by atoms with Crippen LogP contribution in [0.3, 0.4) is 0 Å². The van der Waals surface area contributed by atoms with Crippen LogP contribution in [0.25, 0.3) is 0 Å². The lowest BCUT2D eigenvalue weighted by Crippen LogP contribution is -2.35. The van der Waals surface area contributed by atoms with Crippen molar-refractivity contribution in [3.05, 3.63) is 29.8 Å². The van der Waals surface area contributed by atoms with E-state index < -0.39 is 5.41 Å². The number of hydrogen-bond acceptors (Lipinski definition) is 3. The van der Waals surface area contributed by atoms with E-state index in [0.717, 1.165) is 12.8 Å². The minimum Gasteiger partial charge on any atom is -0.325 e. The number of nitriles is 2. The van der Waals surface area contributed by atoms with Crippen LogP contribution in [0, 0.1) is 28.1 Å². The number of nitrogens with zero attached hydrogens (tertiary/aromatic N) is 2. The Bertz CT molecular complexity index is 528. The first-order valence-corrected chi connectivity index (χ1v) is 6.84. The molecule has 104 valence electrons. The summed E-state index contributed by atoms with van der Waals surface area (Å²) in [6.07, 6.45) is 2.68. The predicted molar refractivity (Wildman–Crippen MR) is 77.6 cm³/mol. The molecule has 4 nitrogen and oxygen atoms in total. The van der Waals surface area contributed by atoms with E-state index in [1.165, 1.54) is 0 Å². The van der Waals surface area contributed by atoms with Gasteiger partial charge in [0, 0.05) is 5.69 Å². The van der Waals surface area contributed by atoms with Crippen LogP contribution in [-0.2, 0) is 4.79 Å². The molecule has 0 fully saturated rings. The third-order valence-electron chi connectivity index (χ3n) is 3.27. The molecule has 0 radical (unpaired) electrons. The van der Waals surface area contributed by atoms with Gasteiger partial charge in [0.1, 0.15) is 5.41 Å². The van der Waals surface area contributed by atoms with Crippen molar-refractivity contribution in [1.29, 1.82) is 10.5 Å². The van der Waals surface area contributed by atoms with Crippen molar-refractivity contribution in [2.24, 2.45) is 5.41 Å². The molecule has 1 amide bonds. The van der Waals surface area contributed by atoms with Crippen LogP contribution in [0.5, 0.6) is 0 Å². The summed E-state index contributed by atoms with van der Waals surface area (Å²) in [6, 6.07) is 10.9. The lowest BCUT2D eigenvalue weighted by atomic mass is 9.79. The van der Waals surface area contributed by atoms with E-state index >= 15 is 0 Å². The number of anilines is 1. The average Bonchev–Trinajstić information content (AvgIpc) is 2.47. The van der Waals surface area contributed by atoms with Gasteiger partial charge in [0.2, 0.25) is 5.91 Å². The predicted octanol–water partition coefficient (Wildman–Crippen LogP) is 3.61. The van der Waals surface area contributed by atoms with Gasteiger partial charge in [0.15, 0.2) is 0 Å². The molecule has 1 N–H and O–H groups in total. The van der Waals surface area contributed by atoms with Gasteiger partial charge in [0.05, 0.1) is 17.7 Å². The maximum atomic E-state index is 12.4. The summed E-state index contributed by atoms with van der Waals surface area (Å²) in [5, 5.41) is 20.9. The van der Waals surface area contributed by atoms with Gasteiger partial charge in [-0.25, -0.2) is 0 Å². The Kier molecular flexibility index (Phi) is 5.74. The molecular formula is C16H19N3O. The molecule has 1 aromatic carbocycles. The molecule has 0 atom stereocenters. The van der Waals surface area contributed by atoms with Crippen LogP contribution < -0.4 is 5.32 Å². The Morgan fingerprint density at radius 3 is 2.10 bits per heavy atom. The summed E-state index contributed by atoms with van der Waals surface area (Å²) >= 11 is 0. The molecule has 0 saturated heterocycles. The lowest BCUT2D eigenvalue weighted by Gasteiger charge is -2.24. The largest absolute Gasteiger partial charge is 0.325 e. The Balaban J connectivity index is 2.90. The van der Waals surface area contributed by atoms with Gasteiger partial charge in [-0.1, -0.05) is 26.7 Å². The number of nitrogens with one attached hydrogen (secondary N) is 1. The minimum absolute atomic E-state index is 0.256. The highest BCUT2D eigenvalue weighted by Crippen LogP contribution is 2.30. The Labute approximate surface area is 120 Å². The van der Waals surface area contributed by atoms with Crippen LogP contribution in [0.2, 0.25) is 0 Å². The van der Waals surface area contributed by atoms with E-state index in [0.29, 0.717) is 24.1 Å². The van der Waals surface area contributed by atoms with E-state index in [4.69, 9.17) is 5.26 Å². The zero-order valence-corrected chi connectivity index (χ0v) is 11.9. The third kappa shape index (κ3) is 3.59. The normalized spacial score (nSPS) is 10.4. The summed E-state index contributed by atoms with van der Waals surface area (Å²) in [5.74, 6) is -0.256. The molecule has 1 rings (SSSR count). The highest BCUT2D eigenvalue weighted by Gasteiger charge is 2.36. The number of hydrogen-bond donors (Lipinski definition) is 1. The summed E-state index contributed by atoms with van der Waals surface area (Å²) < 4.78 is 0. The van der Waals surface area contributed by atoms with Crippen molar-refractivity contribution in [3.8, 4) is 12.1 Å². The highest BCUT2D eigenvalue weighted by molar-refractivity contribution is 5.97. The number of benzene rings is 1. The molecule has 4 heteroatoms. The molecule has 0 aromatic heterocycles. The molecule has 1 aromatic rings. The summed E-state index contributed by atoms with van der Waals surface area (Å²) in [7, 11) is 0. The van der Waals surface area contributed by atoms with Gasteiger partial charge >= 0.3 is 0 Å². The Morgan fingerprint density at radius 1 is 1.15 bits per heavy atom. The second kappa shape index (κ2) is 7.31. The fourth-order valence-corrected chi connectivity index (χ4v) is 2.25. The van der Waals surface area contributed by atoms with Crippen molar-refractivity contribution >= 4 is 11.6 Å². The number of amides is 1. The van der Waals surface area contributed by atoms with Crippen LogP contribution >= 0.6 is 0 Å². The molecule has 0 aliphatic rings. The van der Waals surface area contributed by atoms with Crippen molar-refractivity contribution in [3.63, 3.8) is 0 Å². The molecule has 0 unspecified atom stereocenters. The summed E-state index contributed by atoms with van der Waals surface area (Å²) in [5.41, 5.74) is 0.190. The van der Waals surface area contributed by atoms with Gasteiger partial charge < -0.3 is 5.32 Å². The number of rotatable bonds is 6. The lowest BCUT2D eigenvalue weighted by molar-refractivity contribution is -0.123. The molecule has 20 heavy (non-hydrogen) atoms. The SMILES string of the molecule is CCCC(C#N)(CCC)C(=O)Nc1ccc(C#N)cc1. The zero-order valence-electron chi connectivity index (χ0n) is 11.9. The van der Waals surface area contributed by atoms with E-state index in [2.05, 4.69) is 11.4 Å². The van der Waals surface area contributed by atoms with E-state index in [1.54, 1.807) is 24.3 Å². The quantitative estimate of drug-likeness (QED) is 0.857. The molecular weight excluding hydrogens is 250 g/mol. The maximum absolute atomic E-state index is 12.4. The van der Waals surface area contributed by atoms with Crippen molar-refractivity contribution in [2.75, 3.05) is 5.32 Å². The fraction of sp³-hybridized carbons (Fsp3) is 0.438. The first-order valence-electron chi connectivity index (χ1n) is 6.84. The smallest absolute Gasteiger partial charge is 0.244 e. The van der Waals surface area contributed by atoms with E-state index in [1.807, 2.05) is 19.9 Å². The monoisotopic (exact) mass is 269 g/mol. The third-order valence-corrected chi connectivity index (χ3v) is 3.27. The molecule has 0 aliphatic carbocycles. The zero-order chi connectivity index (χ0) is 15.0.